The van der Waals surface area contributed by atoms with Gasteiger partial charge in [0.15, 0.2) is 0 Å². The van der Waals surface area contributed by atoms with Crippen LogP contribution < -0.4 is 5.90 Å². The highest BCUT2D eigenvalue weighted by Gasteiger charge is 1.93. The van der Waals surface area contributed by atoms with Gasteiger partial charge in [-0.2, -0.15) is 0 Å². The molecule has 0 spiro atoms. The Hall–Kier alpha value is -0.230. The van der Waals surface area contributed by atoms with Crippen LogP contribution in [0.4, 0.5) is 0 Å². The molecule has 12 heavy (non-hydrogen) atoms. The van der Waals surface area contributed by atoms with Crippen molar-refractivity contribution < 1.29 is 4.84 Å². The number of pyridine rings is 1. The molecule has 2 N–H and O–H groups in total. The van der Waals surface area contributed by atoms with E-state index in [1.54, 1.807) is 27.8 Å². The van der Waals surface area contributed by atoms with Crippen molar-refractivity contribution >= 4 is 21.6 Å². The average Bonchev–Trinajstić information content (AvgIpc) is 2.14. The Morgan fingerprint density at radius 1 is 1.50 bits per heavy atom. The summed E-state index contributed by atoms with van der Waals surface area (Å²) in [4.78, 5) is 8.57. The Balaban J connectivity index is 2.16. The topological polar surface area (TPSA) is 48.1 Å². The molecule has 0 fully saturated rings. The summed E-state index contributed by atoms with van der Waals surface area (Å²) in [6.07, 6.45) is 1.78. The Kier molecular flexibility index (Phi) is 5.18. The molecule has 0 atom stereocenters. The molecule has 1 aromatic rings. The van der Waals surface area contributed by atoms with Crippen LogP contribution in [0.5, 0.6) is 0 Å². The van der Waals surface area contributed by atoms with E-state index in [0.29, 0.717) is 6.61 Å². The molecule has 0 amide bonds. The average molecular weight is 202 g/mol. The zero-order valence-electron chi connectivity index (χ0n) is 6.47. The second kappa shape index (κ2) is 6.30. The lowest BCUT2D eigenvalue weighted by Gasteiger charge is -1.97. The summed E-state index contributed by atoms with van der Waals surface area (Å²) in [7, 11) is 3.31. The minimum Gasteiger partial charge on any atom is -0.304 e. The zero-order chi connectivity index (χ0) is 8.65. The van der Waals surface area contributed by atoms with E-state index in [1.807, 2.05) is 18.2 Å². The maximum atomic E-state index is 4.87. The van der Waals surface area contributed by atoms with Crippen molar-refractivity contribution in [3.8, 4) is 0 Å². The van der Waals surface area contributed by atoms with E-state index in [2.05, 4.69) is 9.82 Å². The monoisotopic (exact) mass is 202 g/mol. The fourth-order valence-electron chi connectivity index (χ4n) is 0.581. The minimum absolute atomic E-state index is 0.574. The summed E-state index contributed by atoms with van der Waals surface area (Å²) in [5.74, 6) is 5.74. The third-order valence-corrected chi connectivity index (χ3v) is 3.30. The van der Waals surface area contributed by atoms with Crippen LogP contribution in [0.15, 0.2) is 29.4 Å². The minimum atomic E-state index is 0.574. The van der Waals surface area contributed by atoms with Gasteiger partial charge in [-0.3, -0.25) is 0 Å². The first-order chi connectivity index (χ1) is 5.93. The molecule has 0 aliphatic carbocycles. The van der Waals surface area contributed by atoms with Crippen molar-refractivity contribution in [3.63, 3.8) is 0 Å². The molecule has 0 unspecified atom stereocenters. The molecule has 0 aliphatic heterocycles. The van der Waals surface area contributed by atoms with Gasteiger partial charge < -0.3 is 4.84 Å². The van der Waals surface area contributed by atoms with Gasteiger partial charge in [0.25, 0.3) is 0 Å². The summed E-state index contributed by atoms with van der Waals surface area (Å²) in [5, 5.41) is 1.01. The van der Waals surface area contributed by atoms with Crippen LogP contribution in [-0.4, -0.2) is 17.3 Å². The fraction of sp³-hybridized carbons (Fsp3) is 0.286. The second-order valence-electron chi connectivity index (χ2n) is 1.94. The van der Waals surface area contributed by atoms with Gasteiger partial charge in [-0.15, -0.1) is 0 Å². The third kappa shape index (κ3) is 3.96. The normalized spacial score (nSPS) is 10.1. The number of hydrogen-bond acceptors (Lipinski definition) is 5. The van der Waals surface area contributed by atoms with Gasteiger partial charge >= 0.3 is 0 Å². The molecule has 3 nitrogen and oxygen atoms in total. The van der Waals surface area contributed by atoms with Crippen LogP contribution in [0.3, 0.4) is 0 Å². The van der Waals surface area contributed by atoms with Gasteiger partial charge in [-0.25, -0.2) is 10.9 Å². The predicted molar refractivity (Wildman–Crippen MR) is 52.7 cm³/mol. The largest absolute Gasteiger partial charge is 0.304 e. The van der Waals surface area contributed by atoms with Gasteiger partial charge in [0.1, 0.15) is 5.03 Å². The van der Waals surface area contributed by atoms with Gasteiger partial charge in [-0.05, 0) is 22.9 Å². The highest BCUT2D eigenvalue weighted by atomic mass is 33.1. The lowest BCUT2D eigenvalue weighted by molar-refractivity contribution is 0.155. The van der Waals surface area contributed by atoms with E-state index in [4.69, 9.17) is 5.90 Å². The van der Waals surface area contributed by atoms with Gasteiger partial charge in [0.2, 0.25) is 0 Å². The summed E-state index contributed by atoms with van der Waals surface area (Å²) >= 11 is 0. The SMILES string of the molecule is NOCCSSc1ccccn1. The molecular weight excluding hydrogens is 192 g/mol. The molecule has 0 aliphatic rings. The Morgan fingerprint density at radius 3 is 3.08 bits per heavy atom. The first-order valence-electron chi connectivity index (χ1n) is 3.45. The van der Waals surface area contributed by atoms with Crippen molar-refractivity contribution in [2.45, 2.75) is 5.03 Å². The molecule has 0 bridgehead atoms. The Bertz CT molecular complexity index is 208. The number of rotatable bonds is 5. The molecule has 0 saturated heterocycles. The summed E-state index contributed by atoms with van der Waals surface area (Å²) in [6, 6.07) is 5.84. The molecule has 1 aromatic heterocycles. The Morgan fingerprint density at radius 2 is 2.42 bits per heavy atom. The molecule has 5 heteroatoms. The van der Waals surface area contributed by atoms with Crippen molar-refractivity contribution in [3.05, 3.63) is 24.4 Å². The van der Waals surface area contributed by atoms with Crippen LogP contribution in [-0.2, 0) is 4.84 Å². The van der Waals surface area contributed by atoms with Crippen LogP contribution in [0.25, 0.3) is 0 Å². The number of hydrogen-bond donors (Lipinski definition) is 1. The quantitative estimate of drug-likeness (QED) is 0.447. The molecular formula is C7H10N2OS2. The second-order valence-corrected chi connectivity index (χ2v) is 4.38. The molecule has 0 radical (unpaired) electrons. The van der Waals surface area contributed by atoms with Crippen LogP contribution in [0.1, 0.15) is 0 Å². The highest BCUT2D eigenvalue weighted by Crippen LogP contribution is 2.28. The zero-order valence-corrected chi connectivity index (χ0v) is 8.11. The van der Waals surface area contributed by atoms with Crippen LogP contribution in [0, 0.1) is 0 Å². The first-order valence-corrected chi connectivity index (χ1v) is 5.77. The summed E-state index contributed by atoms with van der Waals surface area (Å²) < 4.78 is 0. The highest BCUT2D eigenvalue weighted by molar-refractivity contribution is 8.76. The molecule has 1 rings (SSSR count). The summed E-state index contributed by atoms with van der Waals surface area (Å²) in [6.45, 7) is 0.574. The first kappa shape index (κ1) is 9.85. The van der Waals surface area contributed by atoms with Crippen molar-refractivity contribution in [2.24, 2.45) is 5.90 Å². The van der Waals surface area contributed by atoms with E-state index >= 15 is 0 Å². The smallest absolute Gasteiger partial charge is 0.106 e. The van der Waals surface area contributed by atoms with Gasteiger partial charge in [0, 0.05) is 11.9 Å². The standard InChI is InChI=1S/C7H10N2OS2/c8-10-5-6-11-12-7-3-1-2-4-9-7/h1-4H,5-6,8H2. The van der Waals surface area contributed by atoms with Crippen molar-refractivity contribution in [1.82, 2.24) is 4.98 Å². The fourth-order valence-corrected chi connectivity index (χ4v) is 2.30. The Labute approximate surface area is 79.4 Å². The van der Waals surface area contributed by atoms with E-state index < -0.39 is 0 Å². The van der Waals surface area contributed by atoms with Crippen molar-refractivity contribution in [2.75, 3.05) is 12.4 Å². The lowest BCUT2D eigenvalue weighted by atomic mass is 10.5. The van der Waals surface area contributed by atoms with Crippen LogP contribution >= 0.6 is 21.6 Å². The molecule has 0 saturated carbocycles. The molecule has 1 heterocycles. The molecule has 66 valence electrons. The maximum absolute atomic E-state index is 4.87. The van der Waals surface area contributed by atoms with E-state index in [0.717, 1.165) is 10.8 Å². The van der Waals surface area contributed by atoms with E-state index in [-0.39, 0.29) is 0 Å². The predicted octanol–water partition coefficient (Wildman–Crippen LogP) is 1.71. The lowest BCUT2D eigenvalue weighted by Crippen LogP contribution is -2.01. The number of aromatic nitrogens is 1. The maximum Gasteiger partial charge on any atom is 0.106 e. The van der Waals surface area contributed by atoms with E-state index in [9.17, 15) is 0 Å². The van der Waals surface area contributed by atoms with E-state index in [1.165, 1.54) is 0 Å². The van der Waals surface area contributed by atoms with Crippen LogP contribution in [0.2, 0.25) is 0 Å². The number of nitrogens with two attached hydrogens (primary N) is 1. The number of nitrogens with zero attached hydrogens (tertiary/aromatic N) is 1. The third-order valence-electron chi connectivity index (χ3n) is 1.07. The van der Waals surface area contributed by atoms with Gasteiger partial charge in [-0.1, -0.05) is 16.9 Å². The summed E-state index contributed by atoms with van der Waals surface area (Å²) in [5.41, 5.74) is 0. The van der Waals surface area contributed by atoms with Gasteiger partial charge in [0.05, 0.1) is 6.61 Å². The van der Waals surface area contributed by atoms with Crippen molar-refractivity contribution in [1.29, 1.82) is 0 Å². The molecule has 0 aromatic carbocycles.